The van der Waals surface area contributed by atoms with Crippen LogP contribution in [0.1, 0.15) is 22.2 Å². The van der Waals surface area contributed by atoms with Crippen molar-refractivity contribution in [1.82, 2.24) is 0 Å². The summed E-state index contributed by atoms with van der Waals surface area (Å²) in [6.45, 7) is 1.25. The molecule has 0 radical (unpaired) electrons. The van der Waals surface area contributed by atoms with Gasteiger partial charge < -0.3 is 9.47 Å². The molecule has 1 heterocycles. The highest BCUT2D eigenvalue weighted by molar-refractivity contribution is 9.10. The minimum Gasteiger partial charge on any atom is -0.346 e. The molecular formula is C10H9BrO3. The number of hydrogen-bond donors (Lipinski definition) is 0. The average molecular weight is 257 g/mol. The zero-order valence-corrected chi connectivity index (χ0v) is 8.99. The molecule has 2 rings (SSSR count). The summed E-state index contributed by atoms with van der Waals surface area (Å²) >= 11 is 3.31. The summed E-state index contributed by atoms with van der Waals surface area (Å²) in [7, 11) is 0. The van der Waals surface area contributed by atoms with Gasteiger partial charge in [-0.1, -0.05) is 28.1 Å². The fourth-order valence-corrected chi connectivity index (χ4v) is 1.83. The molecule has 0 aliphatic carbocycles. The second-order valence-electron chi connectivity index (χ2n) is 2.97. The monoisotopic (exact) mass is 256 g/mol. The highest BCUT2D eigenvalue weighted by atomic mass is 79.9. The smallest absolute Gasteiger partial charge is 0.184 e. The van der Waals surface area contributed by atoms with Gasteiger partial charge in [-0.05, 0) is 6.07 Å². The molecule has 0 amide bonds. The van der Waals surface area contributed by atoms with E-state index in [0.717, 1.165) is 16.3 Å². The first kappa shape index (κ1) is 9.83. The quantitative estimate of drug-likeness (QED) is 0.762. The summed E-state index contributed by atoms with van der Waals surface area (Å²) in [5.74, 6) is 0. The van der Waals surface area contributed by atoms with Crippen LogP contribution >= 0.6 is 15.9 Å². The third-order valence-corrected chi connectivity index (χ3v) is 2.73. The van der Waals surface area contributed by atoms with Crippen LogP contribution in [-0.2, 0) is 9.47 Å². The number of aldehydes is 1. The molecule has 1 aromatic carbocycles. The molecule has 0 spiro atoms. The molecule has 0 aromatic heterocycles. The van der Waals surface area contributed by atoms with E-state index in [2.05, 4.69) is 15.9 Å². The molecule has 0 saturated carbocycles. The predicted molar refractivity (Wildman–Crippen MR) is 54.2 cm³/mol. The molecule has 14 heavy (non-hydrogen) atoms. The Morgan fingerprint density at radius 2 is 2.07 bits per heavy atom. The Morgan fingerprint density at radius 1 is 1.36 bits per heavy atom. The molecule has 1 fully saturated rings. The summed E-state index contributed by atoms with van der Waals surface area (Å²) in [6.07, 6.45) is 0.525. The zero-order valence-electron chi connectivity index (χ0n) is 7.40. The number of hydrogen-bond acceptors (Lipinski definition) is 3. The molecule has 74 valence electrons. The molecule has 0 unspecified atom stereocenters. The van der Waals surface area contributed by atoms with E-state index in [9.17, 15) is 4.79 Å². The van der Waals surface area contributed by atoms with E-state index in [1.54, 1.807) is 6.07 Å². The molecule has 1 saturated heterocycles. The van der Waals surface area contributed by atoms with Crippen LogP contribution in [0.5, 0.6) is 0 Å². The van der Waals surface area contributed by atoms with Gasteiger partial charge in [0.05, 0.1) is 13.2 Å². The van der Waals surface area contributed by atoms with Gasteiger partial charge >= 0.3 is 0 Å². The van der Waals surface area contributed by atoms with E-state index in [0.29, 0.717) is 18.8 Å². The first-order valence-electron chi connectivity index (χ1n) is 4.29. The van der Waals surface area contributed by atoms with Gasteiger partial charge in [-0.25, -0.2) is 0 Å². The summed E-state index contributed by atoms with van der Waals surface area (Å²) in [5.41, 5.74) is 1.56. The Bertz CT molecular complexity index is 345. The van der Waals surface area contributed by atoms with Crippen LogP contribution in [0.2, 0.25) is 0 Å². The van der Waals surface area contributed by atoms with Gasteiger partial charge in [0.15, 0.2) is 12.6 Å². The lowest BCUT2D eigenvalue weighted by molar-refractivity contribution is -0.0441. The number of carbonyl (C=O) groups excluding carboxylic acids is 1. The maximum Gasteiger partial charge on any atom is 0.184 e. The van der Waals surface area contributed by atoms with Gasteiger partial charge in [0.1, 0.15) is 0 Å². The van der Waals surface area contributed by atoms with Crippen molar-refractivity contribution in [2.24, 2.45) is 0 Å². The van der Waals surface area contributed by atoms with Crippen LogP contribution in [-0.4, -0.2) is 19.5 Å². The van der Waals surface area contributed by atoms with Crippen molar-refractivity contribution in [3.05, 3.63) is 33.8 Å². The summed E-state index contributed by atoms with van der Waals surface area (Å²) < 4.78 is 11.4. The maximum atomic E-state index is 10.6. The SMILES string of the molecule is O=Cc1ccc(C2OCCO2)cc1Br. The molecule has 3 nitrogen and oxygen atoms in total. The maximum absolute atomic E-state index is 10.6. The second-order valence-corrected chi connectivity index (χ2v) is 3.83. The van der Waals surface area contributed by atoms with Crippen molar-refractivity contribution >= 4 is 22.2 Å². The van der Waals surface area contributed by atoms with Crippen LogP contribution in [0.15, 0.2) is 22.7 Å². The van der Waals surface area contributed by atoms with Crippen LogP contribution in [0.4, 0.5) is 0 Å². The van der Waals surface area contributed by atoms with Crippen LogP contribution in [0, 0.1) is 0 Å². The minimum atomic E-state index is -0.285. The lowest BCUT2D eigenvalue weighted by Crippen LogP contribution is -1.98. The van der Waals surface area contributed by atoms with Crippen molar-refractivity contribution < 1.29 is 14.3 Å². The van der Waals surface area contributed by atoms with E-state index in [1.165, 1.54) is 0 Å². The van der Waals surface area contributed by atoms with Crippen LogP contribution in [0.3, 0.4) is 0 Å². The van der Waals surface area contributed by atoms with Crippen molar-refractivity contribution in [1.29, 1.82) is 0 Å². The standard InChI is InChI=1S/C10H9BrO3/c11-9-5-7(1-2-8(9)6-12)10-13-3-4-14-10/h1-2,5-6,10H,3-4H2. The molecule has 1 aromatic rings. The van der Waals surface area contributed by atoms with Crippen LogP contribution < -0.4 is 0 Å². The molecule has 1 aliphatic rings. The van der Waals surface area contributed by atoms with Crippen molar-refractivity contribution in [3.8, 4) is 0 Å². The Morgan fingerprint density at radius 3 is 2.64 bits per heavy atom. The highest BCUT2D eigenvalue weighted by Gasteiger charge is 2.18. The van der Waals surface area contributed by atoms with E-state index < -0.39 is 0 Å². The minimum absolute atomic E-state index is 0.285. The third-order valence-electron chi connectivity index (χ3n) is 2.05. The highest BCUT2D eigenvalue weighted by Crippen LogP contribution is 2.26. The fourth-order valence-electron chi connectivity index (χ4n) is 1.34. The molecule has 0 atom stereocenters. The summed E-state index contributed by atoms with van der Waals surface area (Å²) in [6, 6.07) is 5.43. The van der Waals surface area contributed by atoms with Gasteiger partial charge in [-0.2, -0.15) is 0 Å². The first-order valence-corrected chi connectivity index (χ1v) is 5.08. The van der Waals surface area contributed by atoms with Crippen molar-refractivity contribution in [2.75, 3.05) is 13.2 Å². The lowest BCUT2D eigenvalue weighted by Gasteiger charge is -2.09. The Hall–Kier alpha value is -0.710. The average Bonchev–Trinajstić information content (AvgIpc) is 2.70. The van der Waals surface area contributed by atoms with E-state index in [-0.39, 0.29) is 6.29 Å². The zero-order chi connectivity index (χ0) is 9.97. The number of ether oxygens (including phenoxy) is 2. The van der Waals surface area contributed by atoms with Crippen molar-refractivity contribution in [3.63, 3.8) is 0 Å². The Kier molecular flexibility index (Phi) is 2.96. The van der Waals surface area contributed by atoms with Gasteiger partial charge in [-0.15, -0.1) is 0 Å². The van der Waals surface area contributed by atoms with E-state index in [4.69, 9.17) is 9.47 Å². The van der Waals surface area contributed by atoms with E-state index in [1.807, 2.05) is 12.1 Å². The van der Waals surface area contributed by atoms with Gasteiger partial charge in [0.25, 0.3) is 0 Å². The number of carbonyl (C=O) groups is 1. The summed E-state index contributed by atoms with van der Waals surface area (Å²) in [4.78, 5) is 10.6. The number of halogens is 1. The molecule has 0 N–H and O–H groups in total. The predicted octanol–water partition coefficient (Wildman–Crippen LogP) is 2.31. The summed E-state index contributed by atoms with van der Waals surface area (Å²) in [5, 5.41) is 0. The normalized spacial score (nSPS) is 17.2. The largest absolute Gasteiger partial charge is 0.346 e. The Balaban J connectivity index is 2.27. The lowest BCUT2D eigenvalue weighted by atomic mass is 10.1. The van der Waals surface area contributed by atoms with E-state index >= 15 is 0 Å². The third kappa shape index (κ3) is 1.87. The molecule has 4 heteroatoms. The van der Waals surface area contributed by atoms with Crippen LogP contribution in [0.25, 0.3) is 0 Å². The Labute approximate surface area is 90.1 Å². The van der Waals surface area contributed by atoms with Gasteiger partial charge in [0.2, 0.25) is 0 Å². The topological polar surface area (TPSA) is 35.5 Å². The first-order chi connectivity index (χ1) is 6.81. The fraction of sp³-hybridized carbons (Fsp3) is 0.300. The molecule has 0 bridgehead atoms. The van der Waals surface area contributed by atoms with Crippen molar-refractivity contribution in [2.45, 2.75) is 6.29 Å². The number of benzene rings is 1. The van der Waals surface area contributed by atoms with Gasteiger partial charge in [-0.3, -0.25) is 4.79 Å². The van der Waals surface area contributed by atoms with Gasteiger partial charge in [0, 0.05) is 15.6 Å². The number of rotatable bonds is 2. The second kappa shape index (κ2) is 4.21. The molecular weight excluding hydrogens is 248 g/mol. The molecule has 1 aliphatic heterocycles.